The van der Waals surface area contributed by atoms with Crippen LogP contribution in [0, 0.1) is 0 Å². The molecule has 6 heteroatoms. The van der Waals surface area contributed by atoms with Gasteiger partial charge in [0.2, 0.25) is 0 Å². The third-order valence-corrected chi connectivity index (χ3v) is 10.5. The average molecular weight is 655 g/mol. The van der Waals surface area contributed by atoms with Crippen LogP contribution in [0.4, 0.5) is 0 Å². The summed E-state index contributed by atoms with van der Waals surface area (Å²) in [7, 11) is 2.81. The molecule has 0 amide bonds. The van der Waals surface area contributed by atoms with Gasteiger partial charge in [-0.15, -0.1) is 22.7 Å². The van der Waals surface area contributed by atoms with Crippen LogP contribution in [0.5, 0.6) is 0 Å². The molecule has 0 bridgehead atoms. The number of aryl methyl sites for hydroxylation is 2. The molecule has 4 rings (SSSR count). The summed E-state index contributed by atoms with van der Waals surface area (Å²) >= 11 is 3.73. The number of rotatable bonds is 17. The second kappa shape index (κ2) is 18.4. The number of ether oxygens (including phenoxy) is 2. The summed E-state index contributed by atoms with van der Waals surface area (Å²) < 4.78 is 9.69. The zero-order valence-corrected chi connectivity index (χ0v) is 29.2. The van der Waals surface area contributed by atoms with Crippen molar-refractivity contribution < 1.29 is 19.1 Å². The predicted molar refractivity (Wildman–Crippen MR) is 197 cm³/mol. The quantitative estimate of drug-likeness (QED) is 0.0840. The maximum atomic E-state index is 11.8. The maximum Gasteiger partial charge on any atom is 0.337 e. The molecule has 2 aromatic carbocycles. The van der Waals surface area contributed by atoms with Crippen LogP contribution in [0.2, 0.25) is 0 Å². The van der Waals surface area contributed by atoms with Gasteiger partial charge >= 0.3 is 11.9 Å². The molecule has 0 aliphatic heterocycles. The largest absolute Gasteiger partial charge is 0.465 e. The van der Waals surface area contributed by atoms with Crippen molar-refractivity contribution in [3.8, 4) is 9.75 Å². The van der Waals surface area contributed by atoms with Gasteiger partial charge < -0.3 is 9.47 Å². The Bertz CT molecular complexity index is 1480. The van der Waals surface area contributed by atoms with Gasteiger partial charge in [0.1, 0.15) is 0 Å². The van der Waals surface area contributed by atoms with Crippen molar-refractivity contribution in [2.45, 2.75) is 78.1 Å². The first-order valence-corrected chi connectivity index (χ1v) is 18.1. The number of carbonyl (C=O) groups is 2. The molecular weight excluding hydrogens is 609 g/mol. The zero-order chi connectivity index (χ0) is 32.7. The summed E-state index contributed by atoms with van der Waals surface area (Å²) in [5, 5.41) is 0. The third-order valence-electron chi connectivity index (χ3n) is 8.04. The number of thiophene rings is 2. The summed E-state index contributed by atoms with van der Waals surface area (Å²) in [6.45, 7) is 4.50. The zero-order valence-electron chi connectivity index (χ0n) is 27.6. The van der Waals surface area contributed by atoms with Crippen LogP contribution in [0.15, 0.2) is 60.7 Å². The first kappa shape index (κ1) is 35.1. The first-order chi connectivity index (χ1) is 22.4. The predicted octanol–water partition coefficient (Wildman–Crippen LogP) is 11.6. The van der Waals surface area contributed by atoms with E-state index in [1.807, 2.05) is 71.2 Å². The van der Waals surface area contributed by atoms with Crippen molar-refractivity contribution in [3.05, 3.63) is 104 Å². The van der Waals surface area contributed by atoms with E-state index in [2.05, 4.69) is 50.3 Å². The third kappa shape index (κ3) is 10.1. The first-order valence-electron chi connectivity index (χ1n) is 16.4. The molecule has 0 saturated heterocycles. The van der Waals surface area contributed by atoms with E-state index in [1.165, 1.54) is 96.2 Å². The molecule has 0 atom stereocenters. The van der Waals surface area contributed by atoms with Crippen LogP contribution in [0.1, 0.15) is 118 Å². The number of carbonyl (C=O) groups excluding carboxylic acids is 2. The highest BCUT2D eigenvalue weighted by atomic mass is 32.1. The Labute approximate surface area is 282 Å². The lowest BCUT2D eigenvalue weighted by Crippen LogP contribution is -2.00. The molecule has 0 spiro atoms. The minimum Gasteiger partial charge on any atom is -0.465 e. The summed E-state index contributed by atoms with van der Waals surface area (Å²) in [6.07, 6.45) is 20.7. The van der Waals surface area contributed by atoms with E-state index in [0.29, 0.717) is 11.1 Å². The molecular formula is C40H46O4S2. The Balaban J connectivity index is 1.62. The van der Waals surface area contributed by atoms with Crippen molar-refractivity contribution in [3.63, 3.8) is 0 Å². The van der Waals surface area contributed by atoms with Crippen molar-refractivity contribution in [2.24, 2.45) is 0 Å². The van der Waals surface area contributed by atoms with Gasteiger partial charge in [0.05, 0.1) is 25.3 Å². The molecule has 46 heavy (non-hydrogen) atoms. The van der Waals surface area contributed by atoms with E-state index < -0.39 is 0 Å². The fraction of sp³-hybridized carbons (Fsp3) is 0.350. The molecule has 0 aliphatic rings. The molecule has 0 radical (unpaired) electrons. The number of methoxy groups -OCH3 is 2. The maximum absolute atomic E-state index is 11.8. The molecule has 4 aromatic rings. The fourth-order valence-corrected chi connectivity index (χ4v) is 7.63. The summed E-state index contributed by atoms with van der Waals surface area (Å²) in [5.74, 6) is -0.640. The lowest BCUT2D eigenvalue weighted by atomic mass is 10.0. The lowest BCUT2D eigenvalue weighted by Gasteiger charge is -2.01. The molecule has 2 heterocycles. The highest BCUT2D eigenvalue weighted by Gasteiger charge is 2.14. The summed E-state index contributed by atoms with van der Waals surface area (Å²) in [5.41, 5.74) is 6.02. The van der Waals surface area contributed by atoms with Crippen molar-refractivity contribution in [1.29, 1.82) is 0 Å². The van der Waals surface area contributed by atoms with E-state index in [-0.39, 0.29) is 11.9 Å². The van der Waals surface area contributed by atoms with Crippen LogP contribution in [-0.2, 0) is 22.3 Å². The van der Waals surface area contributed by atoms with Crippen LogP contribution < -0.4 is 0 Å². The van der Waals surface area contributed by atoms with Crippen LogP contribution in [0.25, 0.3) is 34.1 Å². The Morgan fingerprint density at radius 2 is 0.957 bits per heavy atom. The van der Waals surface area contributed by atoms with Gasteiger partial charge in [0, 0.05) is 19.5 Å². The van der Waals surface area contributed by atoms with E-state index in [4.69, 9.17) is 9.47 Å². The Kier molecular flexibility index (Phi) is 14.1. The van der Waals surface area contributed by atoms with Crippen LogP contribution in [0.3, 0.4) is 0 Å². The van der Waals surface area contributed by atoms with E-state index in [0.717, 1.165) is 24.0 Å². The fourth-order valence-electron chi connectivity index (χ4n) is 5.33. The van der Waals surface area contributed by atoms with E-state index >= 15 is 0 Å². The normalized spacial score (nSPS) is 11.5. The van der Waals surface area contributed by atoms with Crippen LogP contribution in [-0.4, -0.2) is 26.2 Å². The van der Waals surface area contributed by atoms with Gasteiger partial charge in [-0.25, -0.2) is 9.59 Å². The van der Waals surface area contributed by atoms with Gasteiger partial charge in [-0.3, -0.25) is 0 Å². The summed E-state index contributed by atoms with van der Waals surface area (Å²) in [6, 6.07) is 19.9. The minimum absolute atomic E-state index is 0.320. The Hall–Kier alpha value is -3.74. The molecule has 0 saturated carbocycles. The number of unbranched alkanes of at least 4 members (excludes halogenated alkanes) is 6. The average Bonchev–Trinajstić information content (AvgIpc) is 3.70. The Morgan fingerprint density at radius 1 is 0.565 bits per heavy atom. The van der Waals surface area contributed by atoms with Crippen LogP contribution >= 0.6 is 22.7 Å². The molecule has 0 unspecified atom stereocenters. The SMILES string of the molecule is CCCCCCc1cc(-c2cc(CCCCCC)c(/C=C/c3ccc(C(=O)OC)cc3)s2)sc1/C=C/c1ccc(C(=O)OC)cc1. The Morgan fingerprint density at radius 3 is 1.30 bits per heavy atom. The molecule has 4 nitrogen and oxygen atoms in total. The van der Waals surface area contributed by atoms with E-state index in [9.17, 15) is 9.59 Å². The number of hydrogen-bond acceptors (Lipinski definition) is 6. The number of esters is 2. The number of hydrogen-bond donors (Lipinski definition) is 0. The molecule has 0 fully saturated rings. The van der Waals surface area contributed by atoms with Gasteiger partial charge in [-0.2, -0.15) is 0 Å². The molecule has 2 aromatic heterocycles. The topological polar surface area (TPSA) is 52.6 Å². The molecule has 242 valence electrons. The van der Waals surface area contributed by atoms with Gasteiger partial charge in [0.25, 0.3) is 0 Å². The van der Waals surface area contributed by atoms with Gasteiger partial charge in [-0.1, -0.05) is 88.8 Å². The molecule has 0 N–H and O–H groups in total. The highest BCUT2D eigenvalue weighted by Crippen LogP contribution is 2.40. The monoisotopic (exact) mass is 654 g/mol. The summed E-state index contributed by atoms with van der Waals surface area (Å²) in [4.78, 5) is 28.9. The second-order valence-corrected chi connectivity index (χ2v) is 13.7. The lowest BCUT2D eigenvalue weighted by molar-refractivity contribution is 0.0592. The minimum atomic E-state index is -0.320. The van der Waals surface area contributed by atoms with E-state index in [1.54, 1.807) is 0 Å². The highest BCUT2D eigenvalue weighted by molar-refractivity contribution is 7.23. The second-order valence-electron chi connectivity index (χ2n) is 11.5. The standard InChI is InChI=1S/C40H46O4S2/c1-5-7-9-11-13-33-27-37(45-35(33)25-19-29-15-21-31(22-16-29)39(41)43-3)38-28-34(14-12-10-8-6-2)36(46-38)26-20-30-17-23-32(24-18-30)40(42)44-4/h15-28H,5-14H2,1-4H3/b25-19+,26-20+. The number of benzene rings is 2. The van der Waals surface area contributed by atoms with Crippen molar-refractivity contribution >= 4 is 58.9 Å². The van der Waals surface area contributed by atoms with Crippen molar-refractivity contribution in [1.82, 2.24) is 0 Å². The van der Waals surface area contributed by atoms with Gasteiger partial charge in [-0.05, 0) is 96.5 Å². The van der Waals surface area contributed by atoms with Gasteiger partial charge in [0.15, 0.2) is 0 Å². The molecule has 0 aliphatic carbocycles. The smallest absolute Gasteiger partial charge is 0.337 e. The van der Waals surface area contributed by atoms with Crippen molar-refractivity contribution in [2.75, 3.05) is 14.2 Å².